The van der Waals surface area contributed by atoms with Crippen LogP contribution in [0.2, 0.25) is 5.02 Å². The number of ketones is 1. The maximum atomic E-state index is 12.6. The van der Waals surface area contributed by atoms with Crippen molar-refractivity contribution < 1.29 is 4.79 Å². The lowest BCUT2D eigenvalue weighted by Crippen LogP contribution is -2.04. The molecule has 0 amide bonds. The van der Waals surface area contributed by atoms with Crippen molar-refractivity contribution in [3.63, 3.8) is 0 Å². The summed E-state index contributed by atoms with van der Waals surface area (Å²) in [4.78, 5) is 17.5. The van der Waals surface area contributed by atoms with Crippen LogP contribution in [0.15, 0.2) is 90.2 Å². The van der Waals surface area contributed by atoms with E-state index in [4.69, 9.17) is 16.6 Å². The molecule has 0 aliphatic heterocycles. The molecular formula is C24H19ClN2OS. The molecule has 0 aliphatic carbocycles. The minimum atomic E-state index is 0.0484. The van der Waals surface area contributed by atoms with Gasteiger partial charge in [-0.1, -0.05) is 71.9 Å². The Labute approximate surface area is 179 Å². The number of benzene rings is 3. The third kappa shape index (κ3) is 4.44. The number of para-hydroxylation sites is 1. The Balaban J connectivity index is 1.66. The van der Waals surface area contributed by atoms with Gasteiger partial charge in [0.1, 0.15) is 0 Å². The van der Waals surface area contributed by atoms with Crippen LogP contribution >= 0.6 is 23.4 Å². The van der Waals surface area contributed by atoms with Gasteiger partial charge >= 0.3 is 0 Å². The number of hydrogen-bond acceptors (Lipinski definition) is 3. The van der Waals surface area contributed by atoms with E-state index in [9.17, 15) is 4.79 Å². The molecule has 29 heavy (non-hydrogen) atoms. The van der Waals surface area contributed by atoms with E-state index in [1.807, 2.05) is 48.7 Å². The highest BCUT2D eigenvalue weighted by molar-refractivity contribution is 7.99. The predicted octanol–water partition coefficient (Wildman–Crippen LogP) is 6.48. The van der Waals surface area contributed by atoms with Gasteiger partial charge in [0.15, 0.2) is 10.9 Å². The van der Waals surface area contributed by atoms with Gasteiger partial charge in [-0.15, -0.1) is 0 Å². The monoisotopic (exact) mass is 418 g/mol. The first kappa shape index (κ1) is 19.5. The molecule has 1 heterocycles. The van der Waals surface area contributed by atoms with Crippen LogP contribution in [0.5, 0.6) is 0 Å². The maximum absolute atomic E-state index is 12.6. The summed E-state index contributed by atoms with van der Waals surface area (Å²) in [7, 11) is 0. The lowest BCUT2D eigenvalue weighted by atomic mass is 10.1. The van der Waals surface area contributed by atoms with E-state index in [0.29, 0.717) is 16.3 Å². The van der Waals surface area contributed by atoms with Crippen LogP contribution in [-0.2, 0) is 0 Å². The molecule has 0 bridgehead atoms. The number of hydrogen-bond donors (Lipinski definition) is 0. The Morgan fingerprint density at radius 3 is 2.38 bits per heavy atom. The van der Waals surface area contributed by atoms with Crippen LogP contribution in [0, 0.1) is 6.92 Å². The summed E-state index contributed by atoms with van der Waals surface area (Å²) >= 11 is 7.37. The molecule has 0 fully saturated rings. The van der Waals surface area contributed by atoms with Crippen molar-refractivity contribution >= 4 is 29.1 Å². The summed E-state index contributed by atoms with van der Waals surface area (Å²) in [5, 5.41) is 1.41. The van der Waals surface area contributed by atoms with Gasteiger partial charge in [-0.25, -0.2) is 4.98 Å². The van der Waals surface area contributed by atoms with E-state index >= 15 is 0 Å². The van der Waals surface area contributed by atoms with Gasteiger partial charge in [-0.2, -0.15) is 0 Å². The minimum absolute atomic E-state index is 0.0484. The van der Waals surface area contributed by atoms with E-state index in [-0.39, 0.29) is 5.78 Å². The molecule has 4 rings (SSSR count). The number of thioether (sulfide) groups is 1. The van der Waals surface area contributed by atoms with Crippen LogP contribution in [0.3, 0.4) is 0 Å². The molecule has 0 aliphatic rings. The quantitative estimate of drug-likeness (QED) is 0.265. The second-order valence-electron chi connectivity index (χ2n) is 6.65. The molecule has 0 N–H and O–H groups in total. The van der Waals surface area contributed by atoms with Crippen molar-refractivity contribution in [1.29, 1.82) is 0 Å². The summed E-state index contributed by atoms with van der Waals surface area (Å²) in [5.41, 5.74) is 4.79. The molecule has 1 aromatic heterocycles. The van der Waals surface area contributed by atoms with Crippen molar-refractivity contribution in [2.75, 3.05) is 5.75 Å². The van der Waals surface area contributed by atoms with Crippen LogP contribution in [-0.4, -0.2) is 21.1 Å². The molecule has 0 atom stereocenters. The predicted molar refractivity (Wildman–Crippen MR) is 120 cm³/mol. The summed E-state index contributed by atoms with van der Waals surface area (Å²) < 4.78 is 2.07. The number of halogens is 1. The van der Waals surface area contributed by atoms with Gasteiger partial charge in [0.25, 0.3) is 0 Å². The highest BCUT2D eigenvalue weighted by atomic mass is 35.5. The number of aromatic nitrogens is 2. The fourth-order valence-electron chi connectivity index (χ4n) is 3.07. The third-order valence-electron chi connectivity index (χ3n) is 4.62. The number of rotatable bonds is 6. The van der Waals surface area contributed by atoms with E-state index in [0.717, 1.165) is 27.7 Å². The van der Waals surface area contributed by atoms with Crippen LogP contribution in [0.4, 0.5) is 0 Å². The zero-order valence-corrected chi connectivity index (χ0v) is 17.5. The van der Waals surface area contributed by atoms with Crippen molar-refractivity contribution in [1.82, 2.24) is 9.55 Å². The second-order valence-corrected chi connectivity index (χ2v) is 8.03. The van der Waals surface area contributed by atoms with E-state index < -0.39 is 0 Å². The number of carbonyl (C=O) groups excluding carboxylic acids is 1. The zero-order valence-electron chi connectivity index (χ0n) is 15.9. The highest BCUT2D eigenvalue weighted by Crippen LogP contribution is 2.29. The standard InChI is InChI=1S/C24H19ClN2OS/c1-17-7-5-6-10-22(17)27-15-21(18-8-3-2-4-9-18)26-24(27)29-16-23(28)19-11-13-20(25)14-12-19/h2-15H,16H2,1H3. The molecule has 3 aromatic carbocycles. The van der Waals surface area contributed by atoms with Gasteiger partial charge < -0.3 is 0 Å². The molecule has 0 spiro atoms. The third-order valence-corrected chi connectivity index (χ3v) is 5.82. The molecule has 144 valence electrons. The molecule has 0 radical (unpaired) electrons. The van der Waals surface area contributed by atoms with Crippen molar-refractivity contribution in [3.05, 3.63) is 101 Å². The zero-order chi connectivity index (χ0) is 20.2. The lowest BCUT2D eigenvalue weighted by Gasteiger charge is -2.10. The Kier molecular flexibility index (Phi) is 5.84. The fourth-order valence-corrected chi connectivity index (χ4v) is 4.07. The Morgan fingerprint density at radius 1 is 0.966 bits per heavy atom. The van der Waals surface area contributed by atoms with Crippen molar-refractivity contribution in [2.45, 2.75) is 12.1 Å². The number of imidazole rings is 1. The summed E-state index contributed by atoms with van der Waals surface area (Å²) in [6.07, 6.45) is 2.03. The second kappa shape index (κ2) is 8.68. The van der Waals surface area contributed by atoms with Gasteiger partial charge in [0, 0.05) is 22.3 Å². The topological polar surface area (TPSA) is 34.9 Å². The van der Waals surface area contributed by atoms with Crippen LogP contribution < -0.4 is 0 Å². The van der Waals surface area contributed by atoms with Gasteiger partial charge in [-0.3, -0.25) is 9.36 Å². The van der Waals surface area contributed by atoms with E-state index in [2.05, 4.69) is 23.6 Å². The molecular weight excluding hydrogens is 400 g/mol. The molecule has 4 aromatic rings. The first-order valence-electron chi connectivity index (χ1n) is 9.24. The average molecular weight is 419 g/mol. The highest BCUT2D eigenvalue weighted by Gasteiger charge is 2.15. The number of aryl methyl sites for hydroxylation is 1. The summed E-state index contributed by atoms with van der Waals surface area (Å²) in [6.45, 7) is 2.07. The number of nitrogens with zero attached hydrogens (tertiary/aromatic N) is 2. The molecule has 5 heteroatoms. The largest absolute Gasteiger partial charge is 0.294 e. The smallest absolute Gasteiger partial charge is 0.173 e. The molecule has 0 unspecified atom stereocenters. The van der Waals surface area contributed by atoms with Gasteiger partial charge in [-0.05, 0) is 42.8 Å². The first-order chi connectivity index (χ1) is 14.1. The molecule has 3 nitrogen and oxygen atoms in total. The van der Waals surface area contributed by atoms with E-state index in [1.165, 1.54) is 11.8 Å². The number of carbonyl (C=O) groups is 1. The Hall–Kier alpha value is -2.82. The van der Waals surface area contributed by atoms with Crippen LogP contribution in [0.25, 0.3) is 16.9 Å². The number of Topliss-reactive ketones (excluding diaryl/α,β-unsaturated/α-hetero) is 1. The Morgan fingerprint density at radius 2 is 1.66 bits per heavy atom. The van der Waals surface area contributed by atoms with Gasteiger partial charge in [0.2, 0.25) is 0 Å². The summed E-state index contributed by atoms with van der Waals surface area (Å²) in [5.74, 6) is 0.353. The summed E-state index contributed by atoms with van der Waals surface area (Å²) in [6, 6.07) is 25.2. The molecule has 0 saturated heterocycles. The Bertz CT molecular complexity index is 1140. The minimum Gasteiger partial charge on any atom is -0.294 e. The van der Waals surface area contributed by atoms with Gasteiger partial charge in [0.05, 0.1) is 17.1 Å². The lowest BCUT2D eigenvalue weighted by molar-refractivity contribution is 0.102. The van der Waals surface area contributed by atoms with E-state index in [1.54, 1.807) is 24.3 Å². The first-order valence-corrected chi connectivity index (χ1v) is 10.6. The fraction of sp³-hybridized carbons (Fsp3) is 0.0833. The average Bonchev–Trinajstić information content (AvgIpc) is 3.17. The van der Waals surface area contributed by atoms with Crippen LogP contribution in [0.1, 0.15) is 15.9 Å². The normalized spacial score (nSPS) is 10.8. The van der Waals surface area contributed by atoms with Crippen molar-refractivity contribution in [3.8, 4) is 16.9 Å². The molecule has 0 saturated carbocycles. The SMILES string of the molecule is Cc1ccccc1-n1cc(-c2ccccc2)nc1SCC(=O)c1ccc(Cl)cc1. The van der Waals surface area contributed by atoms with Crippen molar-refractivity contribution in [2.24, 2.45) is 0 Å². The maximum Gasteiger partial charge on any atom is 0.173 e.